The Kier molecular flexibility index (Phi) is 4.84. The lowest BCUT2D eigenvalue weighted by atomic mass is 10.2. The van der Waals surface area contributed by atoms with Crippen LogP contribution >= 0.6 is 0 Å². The number of halogens is 1. The van der Waals surface area contributed by atoms with Gasteiger partial charge in [0, 0.05) is 12.1 Å². The van der Waals surface area contributed by atoms with Crippen LogP contribution in [0.1, 0.15) is 26.3 Å². The van der Waals surface area contributed by atoms with Crippen molar-refractivity contribution in [2.75, 3.05) is 13.2 Å². The molecule has 0 unspecified atom stereocenters. The predicted octanol–water partition coefficient (Wildman–Crippen LogP) is 1.87. The van der Waals surface area contributed by atoms with E-state index in [0.717, 1.165) is 6.20 Å². The minimum absolute atomic E-state index is 0.195. The lowest BCUT2D eigenvalue weighted by Gasteiger charge is -2.19. The largest absolute Gasteiger partial charge is 0.475 e. The SMILES string of the molecule is CC(C)(C)OCCOc1ncc(F)cc1CN. The molecular weight excluding hydrogens is 223 g/mol. The van der Waals surface area contributed by atoms with Gasteiger partial charge < -0.3 is 15.2 Å². The zero-order valence-electron chi connectivity index (χ0n) is 10.5. The van der Waals surface area contributed by atoms with Gasteiger partial charge in [-0.15, -0.1) is 0 Å². The van der Waals surface area contributed by atoms with Gasteiger partial charge in [0.05, 0.1) is 18.4 Å². The molecule has 0 aromatic carbocycles. The van der Waals surface area contributed by atoms with Crippen molar-refractivity contribution in [3.8, 4) is 5.88 Å². The number of hydrogen-bond donors (Lipinski definition) is 1. The van der Waals surface area contributed by atoms with Crippen molar-refractivity contribution in [1.82, 2.24) is 4.98 Å². The van der Waals surface area contributed by atoms with E-state index in [-0.39, 0.29) is 12.1 Å². The van der Waals surface area contributed by atoms with Gasteiger partial charge in [0.15, 0.2) is 0 Å². The van der Waals surface area contributed by atoms with E-state index in [0.29, 0.717) is 24.7 Å². The highest BCUT2D eigenvalue weighted by Crippen LogP contribution is 2.15. The third-order valence-electron chi connectivity index (χ3n) is 1.97. The molecule has 0 atom stereocenters. The second kappa shape index (κ2) is 5.93. The maximum atomic E-state index is 12.9. The first-order valence-electron chi connectivity index (χ1n) is 5.53. The third kappa shape index (κ3) is 5.10. The van der Waals surface area contributed by atoms with Crippen molar-refractivity contribution in [3.63, 3.8) is 0 Å². The second-order valence-electron chi connectivity index (χ2n) is 4.63. The molecule has 0 fully saturated rings. The summed E-state index contributed by atoms with van der Waals surface area (Å²) in [7, 11) is 0. The molecule has 4 nitrogen and oxygen atoms in total. The van der Waals surface area contributed by atoms with Crippen molar-refractivity contribution in [2.24, 2.45) is 5.73 Å². The molecule has 96 valence electrons. The minimum Gasteiger partial charge on any atom is -0.475 e. The van der Waals surface area contributed by atoms with E-state index < -0.39 is 5.82 Å². The van der Waals surface area contributed by atoms with Crippen LogP contribution in [0.3, 0.4) is 0 Å². The number of ether oxygens (including phenoxy) is 2. The number of pyridine rings is 1. The first-order chi connectivity index (χ1) is 7.92. The summed E-state index contributed by atoms with van der Waals surface area (Å²) < 4.78 is 23.8. The highest BCUT2D eigenvalue weighted by molar-refractivity contribution is 5.25. The molecule has 0 saturated carbocycles. The van der Waals surface area contributed by atoms with Gasteiger partial charge in [-0.3, -0.25) is 0 Å². The van der Waals surface area contributed by atoms with Crippen LogP contribution in [-0.4, -0.2) is 23.8 Å². The number of rotatable bonds is 5. The molecule has 0 radical (unpaired) electrons. The van der Waals surface area contributed by atoms with Crippen LogP contribution in [0, 0.1) is 5.82 Å². The summed E-state index contributed by atoms with van der Waals surface area (Å²) in [5.74, 6) is -0.0462. The average Bonchev–Trinajstić information content (AvgIpc) is 2.24. The van der Waals surface area contributed by atoms with Gasteiger partial charge in [0.2, 0.25) is 5.88 Å². The van der Waals surface area contributed by atoms with Crippen LogP contribution in [0.2, 0.25) is 0 Å². The van der Waals surface area contributed by atoms with Crippen molar-refractivity contribution >= 4 is 0 Å². The van der Waals surface area contributed by atoms with Gasteiger partial charge in [-0.2, -0.15) is 0 Å². The molecule has 0 aliphatic heterocycles. The Morgan fingerprint density at radius 3 is 2.65 bits per heavy atom. The normalized spacial score (nSPS) is 11.6. The van der Waals surface area contributed by atoms with Crippen molar-refractivity contribution < 1.29 is 13.9 Å². The summed E-state index contributed by atoms with van der Waals surface area (Å²) in [5, 5.41) is 0. The van der Waals surface area contributed by atoms with Crippen LogP contribution in [-0.2, 0) is 11.3 Å². The Morgan fingerprint density at radius 1 is 1.35 bits per heavy atom. The second-order valence-corrected chi connectivity index (χ2v) is 4.63. The predicted molar refractivity (Wildman–Crippen MR) is 63.3 cm³/mol. The fourth-order valence-electron chi connectivity index (χ4n) is 1.23. The van der Waals surface area contributed by atoms with Gasteiger partial charge >= 0.3 is 0 Å². The van der Waals surface area contributed by atoms with E-state index in [4.69, 9.17) is 15.2 Å². The quantitative estimate of drug-likeness (QED) is 0.801. The number of nitrogens with zero attached hydrogens (tertiary/aromatic N) is 1. The molecule has 0 aliphatic rings. The maximum absolute atomic E-state index is 12.9. The van der Waals surface area contributed by atoms with Crippen molar-refractivity contribution in [2.45, 2.75) is 32.9 Å². The molecule has 1 aromatic heterocycles. The molecule has 5 heteroatoms. The standard InChI is InChI=1S/C12H19FN2O2/c1-12(2,3)17-5-4-16-11-9(7-14)6-10(13)8-15-11/h6,8H,4-5,7,14H2,1-3H3. The molecule has 1 aromatic rings. The Morgan fingerprint density at radius 2 is 2.06 bits per heavy atom. The zero-order chi connectivity index (χ0) is 12.9. The van der Waals surface area contributed by atoms with Gasteiger partial charge in [-0.25, -0.2) is 9.37 Å². The van der Waals surface area contributed by atoms with Gasteiger partial charge in [0.1, 0.15) is 12.4 Å². The van der Waals surface area contributed by atoms with E-state index in [2.05, 4.69) is 4.98 Å². The molecule has 0 amide bonds. The van der Waals surface area contributed by atoms with Gasteiger partial charge in [-0.1, -0.05) is 0 Å². The van der Waals surface area contributed by atoms with Crippen molar-refractivity contribution in [3.05, 3.63) is 23.6 Å². The smallest absolute Gasteiger partial charge is 0.218 e. The van der Waals surface area contributed by atoms with Crippen LogP contribution in [0.5, 0.6) is 5.88 Å². The summed E-state index contributed by atoms with van der Waals surface area (Å²) in [6.45, 7) is 6.91. The summed E-state index contributed by atoms with van der Waals surface area (Å²) >= 11 is 0. The Balaban J connectivity index is 2.46. The summed E-state index contributed by atoms with van der Waals surface area (Å²) in [5.41, 5.74) is 5.83. The lowest BCUT2D eigenvalue weighted by molar-refractivity contribution is -0.0169. The van der Waals surface area contributed by atoms with Crippen LogP contribution < -0.4 is 10.5 Å². The molecule has 0 spiro atoms. The molecule has 0 saturated heterocycles. The minimum atomic E-state index is -0.413. The van der Waals surface area contributed by atoms with E-state index >= 15 is 0 Å². The van der Waals surface area contributed by atoms with E-state index in [1.165, 1.54) is 6.07 Å². The number of nitrogens with two attached hydrogens (primary N) is 1. The first kappa shape index (κ1) is 13.9. The van der Waals surface area contributed by atoms with Crippen LogP contribution in [0.15, 0.2) is 12.3 Å². The van der Waals surface area contributed by atoms with Crippen LogP contribution in [0.25, 0.3) is 0 Å². The molecule has 0 bridgehead atoms. The molecule has 17 heavy (non-hydrogen) atoms. The zero-order valence-corrected chi connectivity index (χ0v) is 10.5. The molecular formula is C12H19FN2O2. The molecule has 1 heterocycles. The van der Waals surface area contributed by atoms with E-state index in [1.807, 2.05) is 20.8 Å². The monoisotopic (exact) mass is 242 g/mol. The summed E-state index contributed by atoms with van der Waals surface area (Å²) in [6, 6.07) is 1.33. The topological polar surface area (TPSA) is 57.4 Å². The summed E-state index contributed by atoms with van der Waals surface area (Å²) in [6.07, 6.45) is 1.11. The molecule has 1 rings (SSSR count). The van der Waals surface area contributed by atoms with E-state index in [9.17, 15) is 4.39 Å². The third-order valence-corrected chi connectivity index (χ3v) is 1.97. The number of hydrogen-bond acceptors (Lipinski definition) is 4. The Bertz CT molecular complexity index is 364. The summed E-state index contributed by atoms with van der Waals surface area (Å²) in [4.78, 5) is 3.85. The van der Waals surface area contributed by atoms with Gasteiger partial charge in [0.25, 0.3) is 0 Å². The fourth-order valence-corrected chi connectivity index (χ4v) is 1.23. The lowest BCUT2D eigenvalue weighted by Crippen LogP contribution is -2.22. The van der Waals surface area contributed by atoms with E-state index in [1.54, 1.807) is 0 Å². The van der Waals surface area contributed by atoms with Crippen molar-refractivity contribution in [1.29, 1.82) is 0 Å². The molecule has 2 N–H and O–H groups in total. The fraction of sp³-hybridized carbons (Fsp3) is 0.583. The maximum Gasteiger partial charge on any atom is 0.218 e. The Hall–Kier alpha value is -1.20. The molecule has 0 aliphatic carbocycles. The Labute approximate surface area is 101 Å². The highest BCUT2D eigenvalue weighted by atomic mass is 19.1. The average molecular weight is 242 g/mol. The van der Waals surface area contributed by atoms with Gasteiger partial charge in [-0.05, 0) is 26.8 Å². The van der Waals surface area contributed by atoms with Crippen LogP contribution in [0.4, 0.5) is 4.39 Å². The highest BCUT2D eigenvalue weighted by Gasteiger charge is 2.10. The number of aromatic nitrogens is 1. The first-order valence-corrected chi connectivity index (χ1v) is 5.53.